The lowest BCUT2D eigenvalue weighted by Crippen LogP contribution is -2.31. The van der Waals surface area contributed by atoms with Crippen molar-refractivity contribution in [2.24, 2.45) is 0 Å². The lowest BCUT2D eigenvalue weighted by molar-refractivity contribution is -0.127. The Hall–Kier alpha value is -1.26. The van der Waals surface area contributed by atoms with E-state index in [1.165, 1.54) is 0 Å². The van der Waals surface area contributed by atoms with Crippen LogP contribution in [-0.4, -0.2) is 90.3 Å². The Morgan fingerprint density at radius 3 is 1.75 bits per heavy atom. The van der Waals surface area contributed by atoms with Gasteiger partial charge in [-0.3, -0.25) is 9.59 Å². The lowest BCUT2D eigenvalue weighted by Gasteiger charge is -2.09. The highest BCUT2D eigenvalue weighted by molar-refractivity contribution is 5.77. The number of unbranched alkanes of at least 4 members (excludes halogenated alkanes) is 1. The summed E-state index contributed by atoms with van der Waals surface area (Å²) in [4.78, 5) is 22.9. The van der Waals surface area contributed by atoms with E-state index in [1.54, 1.807) is 0 Å². The molecule has 166 valence electrons. The number of carbonyl (C=O) groups excluding carboxylic acids is 2. The zero-order valence-electron chi connectivity index (χ0n) is 17.7. The minimum atomic E-state index is -0.190. The first kappa shape index (κ1) is 26.7. The molecule has 0 aliphatic heterocycles. The van der Waals surface area contributed by atoms with Crippen molar-refractivity contribution in [2.75, 3.05) is 72.5 Å². The van der Waals surface area contributed by atoms with E-state index < -0.39 is 0 Å². The molecule has 0 spiro atoms. The molecule has 0 aliphatic rings. The molecule has 3 N–H and O–H groups in total. The van der Waals surface area contributed by atoms with Crippen molar-refractivity contribution in [3.8, 4) is 0 Å². The SMILES string of the molecule is CCCCNC(=O)COCCOCCNC(=O)COCCOCCNC(C)C. The van der Waals surface area contributed by atoms with E-state index in [9.17, 15) is 9.59 Å². The average Bonchev–Trinajstić information content (AvgIpc) is 2.66. The summed E-state index contributed by atoms with van der Waals surface area (Å²) in [5.74, 6) is -0.302. The molecule has 0 aliphatic carbocycles. The number of nitrogens with one attached hydrogen (secondary N) is 3. The van der Waals surface area contributed by atoms with Crippen molar-refractivity contribution in [3.05, 3.63) is 0 Å². The molecule has 0 fully saturated rings. The Labute approximate surface area is 169 Å². The highest BCUT2D eigenvalue weighted by atomic mass is 16.5. The van der Waals surface area contributed by atoms with Gasteiger partial charge in [0.25, 0.3) is 0 Å². The summed E-state index contributed by atoms with van der Waals surface area (Å²) >= 11 is 0. The third kappa shape index (κ3) is 21.0. The van der Waals surface area contributed by atoms with Crippen molar-refractivity contribution in [3.63, 3.8) is 0 Å². The predicted molar refractivity (Wildman–Crippen MR) is 107 cm³/mol. The number of hydrogen-bond acceptors (Lipinski definition) is 7. The van der Waals surface area contributed by atoms with Crippen LogP contribution >= 0.6 is 0 Å². The van der Waals surface area contributed by atoms with Gasteiger partial charge in [0.15, 0.2) is 0 Å². The molecule has 0 unspecified atom stereocenters. The van der Waals surface area contributed by atoms with Crippen LogP contribution in [0.25, 0.3) is 0 Å². The second-order valence-electron chi connectivity index (χ2n) is 6.49. The van der Waals surface area contributed by atoms with Crippen molar-refractivity contribution >= 4 is 11.8 Å². The van der Waals surface area contributed by atoms with Gasteiger partial charge >= 0.3 is 0 Å². The van der Waals surface area contributed by atoms with Crippen LogP contribution in [0.4, 0.5) is 0 Å². The molecule has 0 heterocycles. The van der Waals surface area contributed by atoms with E-state index in [4.69, 9.17) is 18.9 Å². The molecular weight excluding hydrogens is 366 g/mol. The lowest BCUT2D eigenvalue weighted by atomic mass is 10.3. The number of amides is 2. The third-order valence-electron chi connectivity index (χ3n) is 3.43. The summed E-state index contributed by atoms with van der Waals surface area (Å²) in [5.41, 5.74) is 0. The number of ether oxygens (including phenoxy) is 4. The van der Waals surface area contributed by atoms with Crippen LogP contribution in [-0.2, 0) is 28.5 Å². The Morgan fingerprint density at radius 1 is 0.714 bits per heavy atom. The van der Waals surface area contributed by atoms with E-state index >= 15 is 0 Å². The van der Waals surface area contributed by atoms with E-state index in [-0.39, 0.29) is 25.0 Å². The largest absolute Gasteiger partial charge is 0.378 e. The van der Waals surface area contributed by atoms with Gasteiger partial charge in [0.05, 0.1) is 39.6 Å². The maximum absolute atomic E-state index is 11.6. The molecule has 0 radical (unpaired) electrons. The molecule has 0 saturated heterocycles. The zero-order chi connectivity index (χ0) is 20.9. The molecule has 0 saturated carbocycles. The van der Waals surface area contributed by atoms with Crippen LogP contribution in [0.3, 0.4) is 0 Å². The Bertz CT molecular complexity index is 383. The second-order valence-corrected chi connectivity index (χ2v) is 6.49. The van der Waals surface area contributed by atoms with Gasteiger partial charge in [-0.05, 0) is 6.42 Å². The zero-order valence-corrected chi connectivity index (χ0v) is 17.7. The summed E-state index contributed by atoms with van der Waals surface area (Å²) in [6, 6.07) is 0.446. The van der Waals surface area contributed by atoms with Crippen LogP contribution in [0.2, 0.25) is 0 Å². The van der Waals surface area contributed by atoms with Crippen molar-refractivity contribution in [2.45, 2.75) is 39.7 Å². The summed E-state index contributed by atoms with van der Waals surface area (Å²) in [5, 5.41) is 8.72. The molecule has 28 heavy (non-hydrogen) atoms. The molecule has 0 aromatic rings. The fourth-order valence-corrected chi connectivity index (χ4v) is 1.96. The topological polar surface area (TPSA) is 107 Å². The predicted octanol–water partition coefficient (Wildman–Crippen LogP) is 0.0833. The van der Waals surface area contributed by atoms with Gasteiger partial charge in [-0.25, -0.2) is 0 Å². The standard InChI is InChI=1S/C19H39N3O6/c1-4-5-6-21-18(23)15-27-14-12-26-10-8-22-19(24)16-28-13-11-25-9-7-20-17(2)3/h17,20H,4-16H2,1-3H3,(H,21,23)(H,22,24). The van der Waals surface area contributed by atoms with Gasteiger partial charge in [-0.2, -0.15) is 0 Å². The van der Waals surface area contributed by atoms with Crippen molar-refractivity contribution in [1.29, 1.82) is 0 Å². The summed E-state index contributed by atoms with van der Waals surface area (Å²) in [7, 11) is 0. The van der Waals surface area contributed by atoms with Gasteiger partial charge in [0.1, 0.15) is 13.2 Å². The number of carbonyl (C=O) groups is 2. The quantitative estimate of drug-likeness (QED) is 0.246. The average molecular weight is 406 g/mol. The molecular formula is C19H39N3O6. The highest BCUT2D eigenvalue weighted by Gasteiger charge is 2.02. The van der Waals surface area contributed by atoms with Gasteiger partial charge in [0, 0.05) is 25.7 Å². The molecule has 0 bridgehead atoms. The van der Waals surface area contributed by atoms with E-state index in [2.05, 4.69) is 36.7 Å². The van der Waals surface area contributed by atoms with Crippen LogP contribution in [0.1, 0.15) is 33.6 Å². The first-order valence-corrected chi connectivity index (χ1v) is 10.1. The van der Waals surface area contributed by atoms with Crippen LogP contribution < -0.4 is 16.0 Å². The summed E-state index contributed by atoms with van der Waals surface area (Å²) in [6.45, 7) is 10.7. The molecule has 0 rings (SSSR count). The molecule has 0 atom stereocenters. The van der Waals surface area contributed by atoms with E-state index in [1.807, 2.05) is 0 Å². The normalized spacial score (nSPS) is 11.0. The smallest absolute Gasteiger partial charge is 0.246 e. The Balaban J connectivity index is 3.25. The van der Waals surface area contributed by atoms with E-state index in [0.717, 1.165) is 19.4 Å². The van der Waals surface area contributed by atoms with Gasteiger partial charge in [-0.15, -0.1) is 0 Å². The molecule has 2 amide bonds. The van der Waals surface area contributed by atoms with Crippen LogP contribution in [0.15, 0.2) is 0 Å². The van der Waals surface area contributed by atoms with Crippen LogP contribution in [0, 0.1) is 0 Å². The fraction of sp³-hybridized carbons (Fsp3) is 0.895. The number of rotatable bonds is 20. The third-order valence-corrected chi connectivity index (χ3v) is 3.43. The van der Waals surface area contributed by atoms with E-state index in [0.29, 0.717) is 58.8 Å². The fourth-order valence-electron chi connectivity index (χ4n) is 1.96. The Morgan fingerprint density at radius 2 is 1.21 bits per heavy atom. The van der Waals surface area contributed by atoms with Crippen molar-refractivity contribution < 1.29 is 28.5 Å². The molecule has 9 heteroatoms. The summed E-state index contributed by atoms with van der Waals surface area (Å²) < 4.78 is 21.1. The second kappa shape index (κ2) is 20.5. The molecule has 0 aromatic heterocycles. The van der Waals surface area contributed by atoms with Gasteiger partial charge in [-0.1, -0.05) is 27.2 Å². The van der Waals surface area contributed by atoms with Gasteiger partial charge in [0.2, 0.25) is 11.8 Å². The summed E-state index contributed by atoms with van der Waals surface area (Å²) in [6.07, 6.45) is 2.01. The van der Waals surface area contributed by atoms with Gasteiger partial charge < -0.3 is 34.9 Å². The minimum absolute atomic E-state index is 0.00383. The highest BCUT2D eigenvalue weighted by Crippen LogP contribution is 1.84. The van der Waals surface area contributed by atoms with Crippen LogP contribution in [0.5, 0.6) is 0 Å². The first-order valence-electron chi connectivity index (χ1n) is 10.1. The van der Waals surface area contributed by atoms with Crippen molar-refractivity contribution in [1.82, 2.24) is 16.0 Å². The molecule has 9 nitrogen and oxygen atoms in total. The maximum atomic E-state index is 11.6. The molecule has 0 aromatic carbocycles. The first-order chi connectivity index (χ1) is 13.6. The Kier molecular flexibility index (Phi) is 19.6. The monoisotopic (exact) mass is 405 g/mol. The minimum Gasteiger partial charge on any atom is -0.378 e. The maximum Gasteiger partial charge on any atom is 0.246 e. The number of hydrogen-bond donors (Lipinski definition) is 3.